The first-order valence-electron chi connectivity index (χ1n) is 10.3. The third-order valence-corrected chi connectivity index (χ3v) is 7.03. The van der Waals surface area contributed by atoms with Crippen molar-refractivity contribution < 1.29 is 32.0 Å². The van der Waals surface area contributed by atoms with Crippen molar-refractivity contribution in [3.63, 3.8) is 0 Å². The monoisotopic (exact) mass is 462 g/mol. The van der Waals surface area contributed by atoms with Crippen molar-refractivity contribution in [1.29, 1.82) is 0 Å². The fourth-order valence-corrected chi connectivity index (χ4v) is 4.58. The predicted molar refractivity (Wildman–Crippen MR) is 117 cm³/mol. The van der Waals surface area contributed by atoms with Gasteiger partial charge in [-0.25, -0.2) is 13.2 Å². The zero-order valence-electron chi connectivity index (χ0n) is 18.2. The summed E-state index contributed by atoms with van der Waals surface area (Å²) >= 11 is 0. The Morgan fingerprint density at radius 2 is 1.97 bits per heavy atom. The van der Waals surface area contributed by atoms with Gasteiger partial charge in [-0.15, -0.1) is 0 Å². The Morgan fingerprint density at radius 1 is 1.22 bits per heavy atom. The Bertz CT molecular complexity index is 1110. The van der Waals surface area contributed by atoms with Crippen LogP contribution in [0.4, 0.5) is 5.69 Å². The number of carbonyl (C=O) groups excluding carboxylic acids is 3. The molecule has 172 valence electrons. The van der Waals surface area contributed by atoms with Crippen LogP contribution in [0.3, 0.4) is 0 Å². The Hall–Kier alpha value is -3.14. The van der Waals surface area contributed by atoms with Crippen molar-refractivity contribution in [2.45, 2.75) is 33.2 Å². The van der Waals surface area contributed by atoms with Crippen LogP contribution in [0.25, 0.3) is 0 Å². The smallest absolute Gasteiger partial charge is 0.329 e. The fourth-order valence-electron chi connectivity index (χ4n) is 3.42. The third-order valence-electron chi connectivity index (χ3n) is 5.25. The van der Waals surface area contributed by atoms with E-state index >= 15 is 0 Å². The summed E-state index contributed by atoms with van der Waals surface area (Å²) < 4.78 is 35.9. The number of hydrogen-bond acceptors (Lipinski definition) is 7. The molecular weight excluding hydrogens is 436 g/mol. The number of Topliss-reactive ketones (excluding diaryl/α,β-unsaturated/α-hetero) is 1. The first-order chi connectivity index (χ1) is 15.1. The van der Waals surface area contributed by atoms with E-state index in [1.165, 1.54) is 22.7 Å². The van der Waals surface area contributed by atoms with E-state index in [4.69, 9.17) is 9.15 Å². The Labute approximate surface area is 186 Å². The first kappa shape index (κ1) is 23.5. The van der Waals surface area contributed by atoms with Gasteiger partial charge >= 0.3 is 5.97 Å². The average molecular weight is 463 g/mol. The summed E-state index contributed by atoms with van der Waals surface area (Å²) in [6.45, 7) is 4.92. The Kier molecular flexibility index (Phi) is 7.02. The molecule has 32 heavy (non-hydrogen) atoms. The minimum Gasteiger partial charge on any atom is -0.459 e. The zero-order valence-corrected chi connectivity index (χ0v) is 19.0. The molecule has 2 heterocycles. The van der Waals surface area contributed by atoms with Crippen LogP contribution in [0.15, 0.2) is 41.0 Å². The number of rotatable bonds is 9. The van der Waals surface area contributed by atoms with Crippen molar-refractivity contribution >= 4 is 33.4 Å². The first-order valence-corrected chi connectivity index (χ1v) is 11.9. The van der Waals surface area contributed by atoms with E-state index in [-0.39, 0.29) is 17.4 Å². The van der Waals surface area contributed by atoms with E-state index < -0.39 is 40.3 Å². The molecule has 0 saturated carbocycles. The van der Waals surface area contributed by atoms with Gasteiger partial charge in [-0.3, -0.25) is 13.9 Å². The summed E-state index contributed by atoms with van der Waals surface area (Å²) in [5.74, 6) is -1.91. The minimum atomic E-state index is -3.37. The number of anilines is 1. The van der Waals surface area contributed by atoms with Crippen LogP contribution in [0.1, 0.15) is 47.2 Å². The highest BCUT2D eigenvalue weighted by molar-refractivity contribution is 7.92. The lowest BCUT2D eigenvalue weighted by molar-refractivity contribution is -0.145. The van der Waals surface area contributed by atoms with E-state index in [9.17, 15) is 22.8 Å². The molecule has 0 aliphatic carbocycles. The van der Waals surface area contributed by atoms with Crippen molar-refractivity contribution in [2.75, 3.05) is 23.2 Å². The van der Waals surface area contributed by atoms with Gasteiger partial charge in [-0.2, -0.15) is 0 Å². The summed E-state index contributed by atoms with van der Waals surface area (Å²) in [4.78, 5) is 37.3. The molecule has 0 saturated heterocycles. The fraction of sp³-hybridized carbons (Fsp3) is 0.409. The van der Waals surface area contributed by atoms with Crippen molar-refractivity contribution in [3.05, 3.63) is 53.5 Å². The number of hydrogen-bond donors (Lipinski definition) is 1. The van der Waals surface area contributed by atoms with Crippen LogP contribution in [0.5, 0.6) is 0 Å². The number of esters is 1. The number of nitrogens with one attached hydrogen (secondary N) is 1. The summed E-state index contributed by atoms with van der Waals surface area (Å²) in [7, 11) is -3.37. The van der Waals surface area contributed by atoms with Crippen LogP contribution in [-0.4, -0.2) is 51.0 Å². The van der Waals surface area contributed by atoms with Gasteiger partial charge in [0.25, 0.3) is 5.91 Å². The number of ether oxygens (including phenoxy) is 1. The van der Waals surface area contributed by atoms with Crippen molar-refractivity contribution in [1.82, 2.24) is 5.32 Å². The molecule has 0 spiro atoms. The molecular formula is C22H26N2O7S. The number of ketones is 1. The van der Waals surface area contributed by atoms with Gasteiger partial charge in [0.05, 0.1) is 17.7 Å². The molecule has 1 N–H and O–H groups in total. The van der Waals surface area contributed by atoms with Crippen LogP contribution < -0.4 is 9.62 Å². The molecule has 0 fully saturated rings. The van der Waals surface area contributed by atoms with Gasteiger partial charge in [0.2, 0.25) is 10.0 Å². The number of fused-ring (bicyclic) bond motifs is 1. The highest BCUT2D eigenvalue weighted by Gasteiger charge is 2.30. The highest BCUT2D eigenvalue weighted by Crippen LogP contribution is 2.31. The third kappa shape index (κ3) is 5.01. The van der Waals surface area contributed by atoms with E-state index in [1.54, 1.807) is 39.0 Å². The average Bonchev–Trinajstić information content (AvgIpc) is 3.45. The SMILES string of the molecule is CCS(=O)(=O)N1CCc2cc(C(=O)COC(=O)C(NC(=O)c3ccco3)C(C)C)ccc21. The second-order valence-electron chi connectivity index (χ2n) is 7.77. The van der Waals surface area contributed by atoms with Gasteiger partial charge in [0.1, 0.15) is 6.04 Å². The van der Waals surface area contributed by atoms with Crippen LogP contribution in [0, 0.1) is 5.92 Å². The van der Waals surface area contributed by atoms with Gasteiger partial charge < -0.3 is 14.5 Å². The molecule has 3 rings (SSSR count). The molecule has 0 radical (unpaired) electrons. The molecule has 10 heteroatoms. The maximum absolute atomic E-state index is 12.6. The Balaban J connectivity index is 1.63. The molecule has 1 amide bonds. The standard InChI is InChI=1S/C22H26N2O7S/c1-4-32(28,29)24-10-9-15-12-16(7-8-17(15)24)18(25)13-31-22(27)20(14(2)3)23-21(26)19-6-5-11-30-19/h5-8,11-12,14,20H,4,9-10,13H2,1-3H3,(H,23,26). The van der Waals surface area contributed by atoms with Gasteiger partial charge in [-0.1, -0.05) is 13.8 Å². The number of nitrogens with zero attached hydrogens (tertiary/aromatic N) is 1. The van der Waals surface area contributed by atoms with Crippen LogP contribution in [-0.2, 0) is 26.0 Å². The second-order valence-corrected chi connectivity index (χ2v) is 9.95. The molecule has 1 aliphatic rings. The second kappa shape index (κ2) is 9.56. The van der Waals surface area contributed by atoms with Crippen molar-refractivity contribution in [2.24, 2.45) is 5.92 Å². The lowest BCUT2D eigenvalue weighted by Crippen LogP contribution is -2.45. The number of carbonyl (C=O) groups is 3. The maximum Gasteiger partial charge on any atom is 0.329 e. The molecule has 9 nitrogen and oxygen atoms in total. The molecule has 1 atom stereocenters. The largest absolute Gasteiger partial charge is 0.459 e. The predicted octanol–water partition coefficient (Wildman–Crippen LogP) is 2.17. The molecule has 1 unspecified atom stereocenters. The lowest BCUT2D eigenvalue weighted by atomic mass is 10.0. The Morgan fingerprint density at radius 3 is 2.59 bits per heavy atom. The minimum absolute atomic E-state index is 0.00342. The number of furan rings is 1. The number of amides is 1. The summed E-state index contributed by atoms with van der Waals surface area (Å²) in [6, 6.07) is 6.84. The molecule has 1 aromatic carbocycles. The molecule has 1 aliphatic heterocycles. The van der Waals surface area contributed by atoms with E-state index in [1.807, 2.05) is 0 Å². The number of benzene rings is 1. The molecule has 0 bridgehead atoms. The summed E-state index contributed by atoms with van der Waals surface area (Å²) in [6.07, 6.45) is 1.85. The quantitative estimate of drug-likeness (QED) is 0.447. The van der Waals surface area contributed by atoms with Crippen LogP contribution in [0.2, 0.25) is 0 Å². The summed E-state index contributed by atoms with van der Waals surface area (Å²) in [5, 5.41) is 2.56. The van der Waals surface area contributed by atoms with Crippen LogP contribution >= 0.6 is 0 Å². The lowest BCUT2D eigenvalue weighted by Gasteiger charge is -2.20. The molecule has 2 aromatic rings. The maximum atomic E-state index is 12.6. The molecule has 1 aromatic heterocycles. The van der Waals surface area contributed by atoms with E-state index in [2.05, 4.69) is 5.32 Å². The van der Waals surface area contributed by atoms with Gasteiger partial charge in [0.15, 0.2) is 18.2 Å². The zero-order chi connectivity index (χ0) is 23.5. The highest BCUT2D eigenvalue weighted by atomic mass is 32.2. The van der Waals surface area contributed by atoms with E-state index in [0.717, 1.165) is 5.56 Å². The van der Waals surface area contributed by atoms with E-state index in [0.29, 0.717) is 24.2 Å². The number of sulfonamides is 1. The van der Waals surface area contributed by atoms with Gasteiger partial charge in [-0.05, 0) is 55.2 Å². The van der Waals surface area contributed by atoms with Crippen molar-refractivity contribution in [3.8, 4) is 0 Å². The summed E-state index contributed by atoms with van der Waals surface area (Å²) in [5.41, 5.74) is 1.65. The normalized spacial score (nSPS) is 14.2. The topological polar surface area (TPSA) is 123 Å². The van der Waals surface area contributed by atoms with Gasteiger partial charge in [0, 0.05) is 12.1 Å².